The molecule has 0 aromatic heterocycles. The molecule has 6 nitrogen and oxygen atoms in total. The number of nitrogens with zero attached hydrogens (tertiary/aromatic N) is 1. The van der Waals surface area contributed by atoms with Gasteiger partial charge >= 0.3 is 0 Å². The van der Waals surface area contributed by atoms with Gasteiger partial charge in [-0.05, 0) is 63.0 Å². The average Bonchev–Trinajstić information content (AvgIpc) is 2.76. The third-order valence-corrected chi connectivity index (χ3v) is 6.39. The Hall–Kier alpha value is -3.16. The summed E-state index contributed by atoms with van der Waals surface area (Å²) >= 11 is 0. The van der Waals surface area contributed by atoms with E-state index in [0.29, 0.717) is 17.8 Å². The summed E-state index contributed by atoms with van der Waals surface area (Å²) in [5.74, 6) is -0.252. The van der Waals surface area contributed by atoms with Gasteiger partial charge in [0.15, 0.2) is 0 Å². The van der Waals surface area contributed by atoms with Gasteiger partial charge in [-0.3, -0.25) is 9.52 Å². The molecule has 0 unspecified atom stereocenters. The van der Waals surface area contributed by atoms with Gasteiger partial charge in [-0.1, -0.05) is 48.0 Å². The van der Waals surface area contributed by atoms with E-state index in [1.54, 1.807) is 12.1 Å². The monoisotopic (exact) mass is 437 g/mol. The van der Waals surface area contributed by atoms with E-state index in [9.17, 15) is 13.2 Å². The highest BCUT2D eigenvalue weighted by atomic mass is 32.2. The van der Waals surface area contributed by atoms with Crippen molar-refractivity contribution in [1.82, 2.24) is 10.2 Å². The first-order valence-corrected chi connectivity index (χ1v) is 11.4. The number of carbonyl (C=O) groups excluding carboxylic acids is 1. The zero-order valence-corrected chi connectivity index (χ0v) is 18.7. The lowest BCUT2D eigenvalue weighted by atomic mass is 10.1. The largest absolute Gasteiger partial charge is 0.350 e. The van der Waals surface area contributed by atoms with Crippen LogP contribution in [0.15, 0.2) is 83.8 Å². The van der Waals surface area contributed by atoms with Gasteiger partial charge in [0.2, 0.25) is 0 Å². The van der Waals surface area contributed by atoms with Gasteiger partial charge in [0.1, 0.15) is 0 Å². The number of sulfonamides is 1. The smallest absolute Gasteiger partial charge is 0.261 e. The SMILES string of the molecule is Cc1ccc(NS(=O)(=O)c2ccc(C(=O)NC[C@H](c3ccccc3)N(C)C)cc2)cc1. The number of carbonyl (C=O) groups is 1. The molecule has 1 atom stereocenters. The lowest BCUT2D eigenvalue weighted by Gasteiger charge is -2.25. The fourth-order valence-corrected chi connectivity index (χ4v) is 4.24. The van der Waals surface area contributed by atoms with Crippen molar-refractivity contribution in [3.8, 4) is 0 Å². The lowest BCUT2D eigenvalue weighted by molar-refractivity contribution is 0.0942. The summed E-state index contributed by atoms with van der Waals surface area (Å²) in [4.78, 5) is 14.7. The van der Waals surface area contributed by atoms with Crippen LogP contribution in [0.25, 0.3) is 0 Å². The maximum atomic E-state index is 12.6. The standard InChI is InChI=1S/C24H27N3O3S/c1-18-9-13-21(14-10-18)26-31(29,30)22-15-11-20(12-16-22)24(28)25-17-23(27(2)3)19-7-5-4-6-8-19/h4-16,23,26H,17H2,1-3H3,(H,25,28)/t23-/m1/s1. The lowest BCUT2D eigenvalue weighted by Crippen LogP contribution is -2.34. The second-order valence-electron chi connectivity index (χ2n) is 7.60. The molecule has 3 aromatic carbocycles. The molecule has 0 saturated heterocycles. The topological polar surface area (TPSA) is 78.5 Å². The van der Waals surface area contributed by atoms with Gasteiger partial charge in [-0.25, -0.2) is 8.42 Å². The van der Waals surface area contributed by atoms with Crippen LogP contribution in [0.4, 0.5) is 5.69 Å². The van der Waals surface area contributed by atoms with Crippen molar-refractivity contribution in [3.63, 3.8) is 0 Å². The molecule has 162 valence electrons. The summed E-state index contributed by atoms with van der Waals surface area (Å²) in [6.45, 7) is 2.37. The molecule has 7 heteroatoms. The fourth-order valence-electron chi connectivity index (χ4n) is 3.19. The second kappa shape index (κ2) is 9.76. The molecule has 0 saturated carbocycles. The third-order valence-electron chi connectivity index (χ3n) is 4.99. The van der Waals surface area contributed by atoms with E-state index in [2.05, 4.69) is 10.0 Å². The molecule has 1 amide bonds. The van der Waals surface area contributed by atoms with Gasteiger partial charge in [0.25, 0.3) is 15.9 Å². The van der Waals surface area contributed by atoms with Gasteiger partial charge in [0, 0.05) is 17.8 Å². The third kappa shape index (κ3) is 5.93. The fraction of sp³-hybridized carbons (Fsp3) is 0.208. The number of nitrogens with one attached hydrogen (secondary N) is 2. The van der Waals surface area contributed by atoms with Crippen LogP contribution in [0.2, 0.25) is 0 Å². The number of benzene rings is 3. The van der Waals surface area contributed by atoms with E-state index in [-0.39, 0.29) is 16.8 Å². The Bertz CT molecular complexity index is 1110. The predicted molar refractivity (Wildman–Crippen MR) is 124 cm³/mol. The highest BCUT2D eigenvalue weighted by molar-refractivity contribution is 7.92. The van der Waals surface area contributed by atoms with Gasteiger partial charge in [0.05, 0.1) is 10.9 Å². The number of likely N-dealkylation sites (N-methyl/N-ethyl adjacent to an activating group) is 1. The molecule has 31 heavy (non-hydrogen) atoms. The quantitative estimate of drug-likeness (QED) is 0.561. The minimum absolute atomic E-state index is 0.0310. The number of aryl methyl sites for hydroxylation is 1. The minimum Gasteiger partial charge on any atom is -0.350 e. The molecular formula is C24H27N3O3S. The van der Waals surface area contributed by atoms with Gasteiger partial charge in [-0.15, -0.1) is 0 Å². The Labute approximate surface area is 184 Å². The minimum atomic E-state index is -3.73. The van der Waals surface area contributed by atoms with E-state index in [1.807, 2.05) is 68.4 Å². The zero-order chi connectivity index (χ0) is 22.4. The maximum absolute atomic E-state index is 12.6. The van der Waals surface area contributed by atoms with Crippen LogP contribution < -0.4 is 10.0 Å². The van der Waals surface area contributed by atoms with Crippen LogP contribution >= 0.6 is 0 Å². The van der Waals surface area contributed by atoms with Crippen LogP contribution in [0.3, 0.4) is 0 Å². The molecule has 0 aliphatic rings. The van der Waals surface area contributed by atoms with Gasteiger partial charge in [-0.2, -0.15) is 0 Å². The molecular weight excluding hydrogens is 410 g/mol. The molecule has 2 N–H and O–H groups in total. The van der Waals surface area contributed by atoms with Crippen molar-refractivity contribution in [2.75, 3.05) is 25.4 Å². The van der Waals surface area contributed by atoms with E-state index in [1.165, 1.54) is 24.3 Å². The predicted octanol–water partition coefficient (Wildman–Crippen LogP) is 3.83. The zero-order valence-electron chi connectivity index (χ0n) is 17.9. The first kappa shape index (κ1) is 22.5. The number of rotatable bonds is 8. The molecule has 0 aliphatic carbocycles. The number of hydrogen-bond donors (Lipinski definition) is 2. The Morgan fingerprint density at radius 3 is 2.10 bits per heavy atom. The summed E-state index contributed by atoms with van der Waals surface area (Å²) < 4.78 is 27.7. The van der Waals surface area contributed by atoms with Crippen LogP contribution in [-0.2, 0) is 10.0 Å². The summed E-state index contributed by atoms with van der Waals surface area (Å²) in [5, 5.41) is 2.94. The molecule has 0 radical (unpaired) electrons. The Balaban J connectivity index is 1.66. The highest BCUT2D eigenvalue weighted by Crippen LogP contribution is 2.19. The molecule has 0 bridgehead atoms. The number of amides is 1. The summed E-state index contributed by atoms with van der Waals surface area (Å²) in [6.07, 6.45) is 0. The van der Waals surface area contributed by atoms with Crippen LogP contribution in [0.1, 0.15) is 27.5 Å². The second-order valence-corrected chi connectivity index (χ2v) is 9.28. The summed E-state index contributed by atoms with van der Waals surface area (Å²) in [5.41, 5.74) is 3.04. The van der Waals surface area contributed by atoms with Crippen molar-refractivity contribution in [3.05, 3.63) is 95.6 Å². The van der Waals surface area contributed by atoms with E-state index >= 15 is 0 Å². The van der Waals surface area contributed by atoms with E-state index in [4.69, 9.17) is 0 Å². The van der Waals surface area contributed by atoms with Crippen molar-refractivity contribution >= 4 is 21.6 Å². The van der Waals surface area contributed by atoms with Crippen LogP contribution in [0, 0.1) is 6.92 Å². The normalized spacial score (nSPS) is 12.4. The first-order valence-electron chi connectivity index (χ1n) is 9.95. The van der Waals surface area contributed by atoms with Crippen molar-refractivity contribution in [2.24, 2.45) is 0 Å². The Morgan fingerprint density at radius 2 is 1.52 bits per heavy atom. The van der Waals surface area contributed by atoms with Crippen molar-refractivity contribution in [2.45, 2.75) is 17.9 Å². The van der Waals surface area contributed by atoms with Crippen LogP contribution in [-0.4, -0.2) is 39.9 Å². The number of anilines is 1. The Morgan fingerprint density at radius 1 is 0.903 bits per heavy atom. The van der Waals surface area contributed by atoms with E-state index in [0.717, 1.165) is 11.1 Å². The van der Waals surface area contributed by atoms with E-state index < -0.39 is 10.0 Å². The van der Waals surface area contributed by atoms with Crippen LogP contribution in [0.5, 0.6) is 0 Å². The maximum Gasteiger partial charge on any atom is 0.261 e. The molecule has 0 spiro atoms. The number of hydrogen-bond acceptors (Lipinski definition) is 4. The highest BCUT2D eigenvalue weighted by Gasteiger charge is 2.17. The average molecular weight is 438 g/mol. The van der Waals surface area contributed by atoms with Gasteiger partial charge < -0.3 is 10.2 Å². The van der Waals surface area contributed by atoms with Crippen molar-refractivity contribution < 1.29 is 13.2 Å². The van der Waals surface area contributed by atoms with Crippen molar-refractivity contribution in [1.29, 1.82) is 0 Å². The molecule has 3 rings (SSSR count). The molecule has 0 fully saturated rings. The first-order chi connectivity index (χ1) is 14.8. The molecule has 0 heterocycles. The Kier molecular flexibility index (Phi) is 7.09. The molecule has 3 aromatic rings. The molecule has 0 aliphatic heterocycles. The summed E-state index contributed by atoms with van der Waals surface area (Å²) in [7, 11) is 0.196. The summed E-state index contributed by atoms with van der Waals surface area (Å²) in [6, 6.07) is 23.0.